The summed E-state index contributed by atoms with van der Waals surface area (Å²) in [6, 6.07) is 2.84. The first-order valence-corrected chi connectivity index (χ1v) is 8.90. The van der Waals surface area contributed by atoms with Crippen LogP contribution in [0.5, 0.6) is 0 Å². The highest BCUT2D eigenvalue weighted by atomic mass is 15.2. The molecule has 2 N–H and O–H groups in total. The summed E-state index contributed by atoms with van der Waals surface area (Å²) in [6.07, 6.45) is 8.85. The zero-order valence-corrected chi connectivity index (χ0v) is 13.1. The first-order valence-electron chi connectivity index (χ1n) is 8.90. The zero-order valence-electron chi connectivity index (χ0n) is 13.1. The molecule has 1 aromatic rings. The molecule has 1 saturated heterocycles. The highest BCUT2D eigenvalue weighted by Gasteiger charge is 2.70. The Balaban J connectivity index is 1.30. The van der Waals surface area contributed by atoms with Crippen LogP contribution in [0.4, 0.5) is 11.5 Å². The Hall–Kier alpha value is -1.36. The molecule has 4 aliphatic rings. The average molecular weight is 299 g/mol. The third kappa shape index (κ3) is 1.94. The number of aromatic nitrogens is 2. The van der Waals surface area contributed by atoms with E-state index in [1.54, 1.807) is 0 Å². The average Bonchev–Trinajstić information content (AvgIpc) is 3.28. The number of hydrogen-bond acceptors (Lipinski definition) is 5. The molecule has 1 aliphatic heterocycles. The molecule has 3 saturated carbocycles. The molecular formula is C17H25N5. The SMILES string of the molecule is c1nnc(NC2CC3CCC34CC24)cc1N1CCCNCC1. The van der Waals surface area contributed by atoms with Crippen LogP contribution in [-0.2, 0) is 0 Å². The minimum absolute atomic E-state index is 0.642. The molecule has 5 heteroatoms. The summed E-state index contributed by atoms with van der Waals surface area (Å²) in [5.74, 6) is 2.89. The normalized spacial score (nSPS) is 39.5. The molecule has 0 aromatic carbocycles. The zero-order chi connectivity index (χ0) is 14.6. The summed E-state index contributed by atoms with van der Waals surface area (Å²) in [5, 5.41) is 15.7. The minimum atomic E-state index is 0.642. The van der Waals surface area contributed by atoms with Crippen molar-refractivity contribution in [2.75, 3.05) is 36.4 Å². The topological polar surface area (TPSA) is 53.1 Å². The van der Waals surface area contributed by atoms with E-state index in [0.29, 0.717) is 6.04 Å². The Morgan fingerprint density at radius 1 is 1.32 bits per heavy atom. The van der Waals surface area contributed by atoms with Gasteiger partial charge in [0.25, 0.3) is 0 Å². The van der Waals surface area contributed by atoms with E-state index in [9.17, 15) is 0 Å². The van der Waals surface area contributed by atoms with E-state index in [0.717, 1.165) is 49.2 Å². The van der Waals surface area contributed by atoms with Crippen LogP contribution >= 0.6 is 0 Å². The Kier molecular flexibility index (Phi) is 2.87. The van der Waals surface area contributed by atoms with Gasteiger partial charge in [0.2, 0.25) is 0 Å². The molecule has 0 amide bonds. The van der Waals surface area contributed by atoms with Crippen molar-refractivity contribution in [3.8, 4) is 0 Å². The van der Waals surface area contributed by atoms with Gasteiger partial charge in [-0.3, -0.25) is 0 Å². The standard InChI is InChI=1S/C17H25N5/c1-4-18-5-7-22(6-1)13-9-16(21-19-11-13)20-15-8-12-2-3-17(12)10-14(15)17/h9,11-12,14-15,18H,1-8,10H2,(H,20,21). The maximum atomic E-state index is 4.34. The highest BCUT2D eigenvalue weighted by Crippen LogP contribution is 2.76. The van der Waals surface area contributed by atoms with Crippen LogP contribution in [0.15, 0.2) is 12.3 Å². The van der Waals surface area contributed by atoms with Crippen LogP contribution in [0.3, 0.4) is 0 Å². The van der Waals surface area contributed by atoms with Gasteiger partial charge < -0.3 is 15.5 Å². The molecule has 4 atom stereocenters. The van der Waals surface area contributed by atoms with Crippen molar-refractivity contribution in [3.63, 3.8) is 0 Å². The molecule has 1 aromatic heterocycles. The maximum absolute atomic E-state index is 4.34. The highest BCUT2D eigenvalue weighted by molar-refractivity contribution is 5.53. The van der Waals surface area contributed by atoms with Gasteiger partial charge in [0.15, 0.2) is 5.82 Å². The molecule has 2 heterocycles. The number of rotatable bonds is 3. The van der Waals surface area contributed by atoms with Crippen molar-refractivity contribution in [2.24, 2.45) is 17.3 Å². The van der Waals surface area contributed by atoms with Gasteiger partial charge in [-0.25, -0.2) is 0 Å². The molecule has 0 bridgehead atoms. The minimum Gasteiger partial charge on any atom is -0.369 e. The second-order valence-electron chi connectivity index (χ2n) is 7.66. The molecule has 5 nitrogen and oxygen atoms in total. The van der Waals surface area contributed by atoms with Crippen LogP contribution in [-0.4, -0.2) is 42.4 Å². The van der Waals surface area contributed by atoms with E-state index < -0.39 is 0 Å². The van der Waals surface area contributed by atoms with E-state index >= 15 is 0 Å². The van der Waals surface area contributed by atoms with Crippen molar-refractivity contribution in [3.05, 3.63) is 12.3 Å². The second kappa shape index (κ2) is 4.82. The lowest BCUT2D eigenvalue weighted by Gasteiger charge is -2.33. The van der Waals surface area contributed by atoms with Crippen LogP contribution < -0.4 is 15.5 Å². The number of anilines is 2. The van der Waals surface area contributed by atoms with Gasteiger partial charge in [-0.15, -0.1) is 5.10 Å². The molecule has 4 unspecified atom stereocenters. The first-order chi connectivity index (χ1) is 10.9. The van der Waals surface area contributed by atoms with Crippen molar-refractivity contribution >= 4 is 11.5 Å². The summed E-state index contributed by atoms with van der Waals surface area (Å²) >= 11 is 0. The Bertz CT molecular complexity index is 568. The third-order valence-corrected chi connectivity index (χ3v) is 6.65. The van der Waals surface area contributed by atoms with Gasteiger partial charge in [0, 0.05) is 31.7 Å². The lowest BCUT2D eigenvalue weighted by Crippen LogP contribution is -2.28. The first kappa shape index (κ1) is 13.1. The van der Waals surface area contributed by atoms with Gasteiger partial charge in [-0.05, 0) is 55.9 Å². The largest absolute Gasteiger partial charge is 0.369 e. The van der Waals surface area contributed by atoms with Gasteiger partial charge in [0.05, 0.1) is 11.9 Å². The van der Waals surface area contributed by atoms with Crippen LogP contribution in [0.25, 0.3) is 0 Å². The summed E-state index contributed by atoms with van der Waals surface area (Å²) in [4.78, 5) is 2.43. The fraction of sp³-hybridized carbons (Fsp3) is 0.765. The summed E-state index contributed by atoms with van der Waals surface area (Å²) in [6.45, 7) is 4.34. The van der Waals surface area contributed by atoms with Crippen molar-refractivity contribution in [1.29, 1.82) is 0 Å². The van der Waals surface area contributed by atoms with E-state index in [1.165, 1.54) is 37.8 Å². The maximum Gasteiger partial charge on any atom is 0.150 e. The fourth-order valence-electron chi connectivity index (χ4n) is 5.25. The number of hydrogen-bond donors (Lipinski definition) is 2. The van der Waals surface area contributed by atoms with E-state index in [4.69, 9.17) is 0 Å². The molecule has 1 spiro atoms. The van der Waals surface area contributed by atoms with Crippen LogP contribution in [0.1, 0.15) is 32.1 Å². The lowest BCUT2D eigenvalue weighted by molar-refractivity contribution is 0.165. The fourth-order valence-corrected chi connectivity index (χ4v) is 5.25. The van der Waals surface area contributed by atoms with Crippen molar-refractivity contribution in [2.45, 2.75) is 38.1 Å². The van der Waals surface area contributed by atoms with Gasteiger partial charge in [0.1, 0.15) is 0 Å². The smallest absolute Gasteiger partial charge is 0.150 e. The number of nitrogens with zero attached hydrogens (tertiary/aromatic N) is 3. The molecule has 0 radical (unpaired) electrons. The van der Waals surface area contributed by atoms with Gasteiger partial charge >= 0.3 is 0 Å². The Morgan fingerprint density at radius 3 is 3.09 bits per heavy atom. The predicted molar refractivity (Wildman–Crippen MR) is 87.0 cm³/mol. The summed E-state index contributed by atoms with van der Waals surface area (Å²) < 4.78 is 0. The van der Waals surface area contributed by atoms with Crippen molar-refractivity contribution < 1.29 is 0 Å². The lowest BCUT2D eigenvalue weighted by atomic mass is 9.71. The molecule has 118 valence electrons. The van der Waals surface area contributed by atoms with Crippen LogP contribution in [0.2, 0.25) is 0 Å². The quantitative estimate of drug-likeness (QED) is 0.892. The molecule has 22 heavy (non-hydrogen) atoms. The van der Waals surface area contributed by atoms with Gasteiger partial charge in [-0.1, -0.05) is 0 Å². The molecule has 5 rings (SSSR count). The van der Waals surface area contributed by atoms with E-state index in [1.807, 2.05) is 6.20 Å². The third-order valence-electron chi connectivity index (χ3n) is 6.65. The molecule has 4 fully saturated rings. The van der Waals surface area contributed by atoms with Crippen molar-refractivity contribution in [1.82, 2.24) is 15.5 Å². The summed E-state index contributed by atoms with van der Waals surface area (Å²) in [7, 11) is 0. The predicted octanol–water partition coefficient (Wildman–Crippen LogP) is 1.88. The monoisotopic (exact) mass is 299 g/mol. The molecule has 3 aliphatic carbocycles. The van der Waals surface area contributed by atoms with E-state index in [-0.39, 0.29) is 0 Å². The Morgan fingerprint density at radius 2 is 2.32 bits per heavy atom. The number of nitrogens with one attached hydrogen (secondary N) is 2. The Labute approximate surface area is 131 Å². The van der Waals surface area contributed by atoms with Gasteiger partial charge in [-0.2, -0.15) is 5.10 Å². The second-order valence-corrected chi connectivity index (χ2v) is 7.66. The van der Waals surface area contributed by atoms with E-state index in [2.05, 4.69) is 31.8 Å². The molecular weight excluding hydrogens is 274 g/mol. The summed E-state index contributed by atoms with van der Waals surface area (Å²) in [5.41, 5.74) is 1.98. The van der Waals surface area contributed by atoms with Crippen LogP contribution in [0, 0.1) is 17.3 Å².